The van der Waals surface area contributed by atoms with Crippen LogP contribution >= 0.6 is 0 Å². The SMILES string of the molecule is CCOC(C(Cc1cccnc1)NC)C(C)(C)C. The fraction of sp³-hybridized carbons (Fsp3) is 0.667. The Hall–Kier alpha value is -0.930. The second-order valence-corrected chi connectivity index (χ2v) is 5.70. The van der Waals surface area contributed by atoms with Gasteiger partial charge in [0.1, 0.15) is 0 Å². The van der Waals surface area contributed by atoms with Crippen LogP contribution in [0.15, 0.2) is 24.5 Å². The highest BCUT2D eigenvalue weighted by molar-refractivity contribution is 5.11. The van der Waals surface area contributed by atoms with E-state index in [1.54, 1.807) is 0 Å². The summed E-state index contributed by atoms with van der Waals surface area (Å²) in [5.74, 6) is 0. The first-order chi connectivity index (χ1) is 8.49. The van der Waals surface area contributed by atoms with Gasteiger partial charge < -0.3 is 10.1 Å². The molecule has 102 valence electrons. The van der Waals surface area contributed by atoms with E-state index in [2.05, 4.69) is 44.1 Å². The average Bonchev–Trinajstić information content (AvgIpc) is 2.33. The molecule has 1 heterocycles. The molecule has 0 aromatic carbocycles. The van der Waals surface area contributed by atoms with Crippen molar-refractivity contribution in [2.24, 2.45) is 5.41 Å². The zero-order valence-electron chi connectivity index (χ0n) is 12.2. The fourth-order valence-electron chi connectivity index (χ4n) is 2.28. The first kappa shape index (κ1) is 15.1. The van der Waals surface area contributed by atoms with Crippen LogP contribution in [-0.2, 0) is 11.2 Å². The van der Waals surface area contributed by atoms with Gasteiger partial charge in [-0.1, -0.05) is 26.8 Å². The third kappa shape index (κ3) is 4.39. The summed E-state index contributed by atoms with van der Waals surface area (Å²) < 4.78 is 5.95. The van der Waals surface area contributed by atoms with Crippen LogP contribution < -0.4 is 5.32 Å². The van der Waals surface area contributed by atoms with Crippen LogP contribution in [-0.4, -0.2) is 30.8 Å². The first-order valence-electron chi connectivity index (χ1n) is 6.66. The summed E-state index contributed by atoms with van der Waals surface area (Å²) in [7, 11) is 2.00. The van der Waals surface area contributed by atoms with E-state index in [1.807, 2.05) is 25.5 Å². The van der Waals surface area contributed by atoms with E-state index in [0.717, 1.165) is 13.0 Å². The molecule has 1 aromatic rings. The van der Waals surface area contributed by atoms with Gasteiger partial charge >= 0.3 is 0 Å². The molecule has 2 atom stereocenters. The Balaban J connectivity index is 2.79. The second kappa shape index (κ2) is 6.86. The Labute approximate surface area is 111 Å². The number of rotatable bonds is 6. The Morgan fingerprint density at radius 3 is 2.56 bits per heavy atom. The van der Waals surface area contributed by atoms with Crippen LogP contribution in [0.25, 0.3) is 0 Å². The van der Waals surface area contributed by atoms with Gasteiger partial charge in [0, 0.05) is 25.0 Å². The summed E-state index contributed by atoms with van der Waals surface area (Å²) in [6.07, 6.45) is 4.86. The molecule has 0 aliphatic rings. The highest BCUT2D eigenvalue weighted by Gasteiger charge is 2.32. The molecule has 1 rings (SSSR count). The lowest BCUT2D eigenvalue weighted by molar-refractivity contribution is -0.0340. The van der Waals surface area contributed by atoms with Gasteiger partial charge in [-0.05, 0) is 37.4 Å². The van der Waals surface area contributed by atoms with Crippen LogP contribution in [0.4, 0.5) is 0 Å². The summed E-state index contributed by atoms with van der Waals surface area (Å²) in [5.41, 5.74) is 1.36. The highest BCUT2D eigenvalue weighted by Crippen LogP contribution is 2.26. The lowest BCUT2D eigenvalue weighted by Gasteiger charge is -2.36. The molecule has 0 aliphatic carbocycles. The van der Waals surface area contributed by atoms with Crippen molar-refractivity contribution in [2.45, 2.75) is 46.3 Å². The third-order valence-corrected chi connectivity index (χ3v) is 3.11. The van der Waals surface area contributed by atoms with E-state index in [9.17, 15) is 0 Å². The van der Waals surface area contributed by atoms with Gasteiger partial charge in [0.15, 0.2) is 0 Å². The number of ether oxygens (including phenoxy) is 1. The van der Waals surface area contributed by atoms with E-state index in [4.69, 9.17) is 4.74 Å². The van der Waals surface area contributed by atoms with Crippen LogP contribution in [0.1, 0.15) is 33.3 Å². The number of aromatic nitrogens is 1. The Morgan fingerprint density at radius 1 is 1.39 bits per heavy atom. The molecular formula is C15H26N2O. The lowest BCUT2D eigenvalue weighted by atomic mass is 9.82. The topological polar surface area (TPSA) is 34.1 Å². The summed E-state index contributed by atoms with van der Waals surface area (Å²) in [6.45, 7) is 9.46. The molecule has 3 nitrogen and oxygen atoms in total. The number of hydrogen-bond acceptors (Lipinski definition) is 3. The average molecular weight is 250 g/mol. The predicted octanol–water partition coefficient (Wildman–Crippen LogP) is 2.66. The fourth-order valence-corrected chi connectivity index (χ4v) is 2.28. The van der Waals surface area contributed by atoms with Gasteiger partial charge in [0.2, 0.25) is 0 Å². The molecule has 0 saturated heterocycles. The summed E-state index contributed by atoms with van der Waals surface area (Å²) in [6, 6.07) is 4.40. The van der Waals surface area contributed by atoms with Crippen LogP contribution in [0.5, 0.6) is 0 Å². The van der Waals surface area contributed by atoms with Crippen molar-refractivity contribution in [3.8, 4) is 0 Å². The van der Waals surface area contributed by atoms with Crippen molar-refractivity contribution in [1.82, 2.24) is 10.3 Å². The van der Waals surface area contributed by atoms with Crippen LogP contribution in [0, 0.1) is 5.41 Å². The maximum absolute atomic E-state index is 5.95. The van der Waals surface area contributed by atoms with Crippen molar-refractivity contribution in [2.75, 3.05) is 13.7 Å². The normalized spacial score (nSPS) is 15.4. The molecule has 1 aromatic heterocycles. The predicted molar refractivity (Wildman–Crippen MR) is 75.7 cm³/mol. The van der Waals surface area contributed by atoms with Gasteiger partial charge in [-0.3, -0.25) is 4.98 Å². The maximum Gasteiger partial charge on any atom is 0.0779 e. The molecule has 1 N–H and O–H groups in total. The monoisotopic (exact) mass is 250 g/mol. The standard InChI is InChI=1S/C15H26N2O/c1-6-18-14(15(2,3)4)13(16-5)10-12-8-7-9-17-11-12/h7-9,11,13-14,16H,6,10H2,1-5H3. The molecule has 2 unspecified atom stereocenters. The minimum Gasteiger partial charge on any atom is -0.376 e. The molecule has 0 saturated carbocycles. The number of pyridine rings is 1. The second-order valence-electron chi connectivity index (χ2n) is 5.70. The lowest BCUT2D eigenvalue weighted by Crippen LogP contribution is -2.48. The van der Waals surface area contributed by atoms with Crippen LogP contribution in [0.3, 0.4) is 0 Å². The molecule has 0 spiro atoms. The minimum absolute atomic E-state index is 0.117. The molecule has 0 aliphatic heterocycles. The van der Waals surface area contributed by atoms with E-state index in [-0.39, 0.29) is 11.5 Å². The summed E-state index contributed by atoms with van der Waals surface area (Å²) in [5, 5.41) is 3.39. The summed E-state index contributed by atoms with van der Waals surface area (Å²) in [4.78, 5) is 4.17. The van der Waals surface area contributed by atoms with Gasteiger partial charge in [-0.15, -0.1) is 0 Å². The molecule has 3 heteroatoms. The molecular weight excluding hydrogens is 224 g/mol. The molecule has 0 fully saturated rings. The van der Waals surface area contributed by atoms with Crippen LogP contribution in [0.2, 0.25) is 0 Å². The molecule has 0 bridgehead atoms. The third-order valence-electron chi connectivity index (χ3n) is 3.11. The van der Waals surface area contributed by atoms with Gasteiger partial charge in [-0.2, -0.15) is 0 Å². The number of hydrogen-bond donors (Lipinski definition) is 1. The Kier molecular flexibility index (Phi) is 5.76. The number of nitrogens with one attached hydrogen (secondary N) is 1. The Bertz CT molecular complexity index is 332. The van der Waals surface area contributed by atoms with Gasteiger partial charge in [0.25, 0.3) is 0 Å². The van der Waals surface area contributed by atoms with Crippen molar-refractivity contribution in [3.63, 3.8) is 0 Å². The highest BCUT2D eigenvalue weighted by atomic mass is 16.5. The van der Waals surface area contributed by atoms with E-state index in [0.29, 0.717) is 6.04 Å². The van der Waals surface area contributed by atoms with Crippen molar-refractivity contribution in [1.29, 1.82) is 0 Å². The zero-order chi connectivity index (χ0) is 13.6. The quantitative estimate of drug-likeness (QED) is 0.843. The van der Waals surface area contributed by atoms with E-state index < -0.39 is 0 Å². The number of nitrogens with zero attached hydrogens (tertiary/aromatic N) is 1. The van der Waals surface area contributed by atoms with E-state index in [1.165, 1.54) is 5.56 Å². The van der Waals surface area contributed by atoms with Crippen molar-refractivity contribution in [3.05, 3.63) is 30.1 Å². The molecule has 0 amide bonds. The van der Waals surface area contributed by atoms with Crippen molar-refractivity contribution >= 4 is 0 Å². The largest absolute Gasteiger partial charge is 0.376 e. The van der Waals surface area contributed by atoms with Gasteiger partial charge in [0.05, 0.1) is 6.10 Å². The zero-order valence-corrected chi connectivity index (χ0v) is 12.2. The molecule has 0 radical (unpaired) electrons. The Morgan fingerprint density at radius 2 is 2.11 bits per heavy atom. The minimum atomic E-state index is 0.117. The number of likely N-dealkylation sites (N-methyl/N-ethyl adjacent to an activating group) is 1. The summed E-state index contributed by atoms with van der Waals surface area (Å²) >= 11 is 0. The van der Waals surface area contributed by atoms with E-state index >= 15 is 0 Å². The first-order valence-corrected chi connectivity index (χ1v) is 6.66. The van der Waals surface area contributed by atoms with Crippen molar-refractivity contribution < 1.29 is 4.74 Å². The maximum atomic E-state index is 5.95. The van der Waals surface area contributed by atoms with Gasteiger partial charge in [-0.25, -0.2) is 0 Å². The molecule has 18 heavy (non-hydrogen) atoms. The smallest absolute Gasteiger partial charge is 0.0779 e.